The average molecular weight is 243 g/mol. The van der Waals surface area contributed by atoms with Crippen LogP contribution in [0.3, 0.4) is 0 Å². The molecule has 94 valence electrons. The van der Waals surface area contributed by atoms with Gasteiger partial charge in [-0.1, -0.05) is 18.2 Å². The Bertz CT molecular complexity index is 564. The van der Waals surface area contributed by atoms with Crippen molar-refractivity contribution in [3.05, 3.63) is 53.1 Å². The Hall–Kier alpha value is -2.16. The van der Waals surface area contributed by atoms with Crippen molar-refractivity contribution in [1.29, 1.82) is 0 Å². The van der Waals surface area contributed by atoms with E-state index >= 15 is 0 Å². The van der Waals surface area contributed by atoms with Crippen molar-refractivity contribution in [3.8, 4) is 11.5 Å². The normalized spacial score (nSPS) is 10.3. The van der Waals surface area contributed by atoms with Gasteiger partial charge in [0.05, 0.1) is 0 Å². The van der Waals surface area contributed by atoms with E-state index in [1.807, 2.05) is 0 Å². The number of hydrogen-bond donors (Lipinski definition) is 3. The van der Waals surface area contributed by atoms with Crippen molar-refractivity contribution in [2.45, 2.75) is 20.4 Å². The zero-order chi connectivity index (χ0) is 13.1. The lowest BCUT2D eigenvalue weighted by Crippen LogP contribution is -2.01. The van der Waals surface area contributed by atoms with Crippen molar-refractivity contribution >= 4 is 5.69 Å². The molecule has 0 spiro atoms. The van der Waals surface area contributed by atoms with Gasteiger partial charge in [0.25, 0.3) is 0 Å². The van der Waals surface area contributed by atoms with Gasteiger partial charge in [-0.3, -0.25) is 0 Å². The van der Waals surface area contributed by atoms with Crippen LogP contribution >= 0.6 is 0 Å². The second-order valence-corrected chi connectivity index (χ2v) is 4.49. The predicted octanol–water partition coefficient (Wildman–Crippen LogP) is 3.33. The van der Waals surface area contributed by atoms with E-state index in [0.29, 0.717) is 6.54 Å². The third kappa shape index (κ3) is 2.74. The SMILES string of the molecule is Cc1ccc(C)c(NCc2ccc(O)c(O)c2)c1. The van der Waals surface area contributed by atoms with Crippen molar-refractivity contribution in [2.75, 3.05) is 5.32 Å². The number of aryl methyl sites for hydroxylation is 2. The molecule has 3 N–H and O–H groups in total. The quantitative estimate of drug-likeness (QED) is 0.725. The maximum absolute atomic E-state index is 9.42. The average Bonchev–Trinajstić information content (AvgIpc) is 2.34. The molecule has 0 aliphatic carbocycles. The molecule has 0 unspecified atom stereocenters. The maximum Gasteiger partial charge on any atom is 0.157 e. The van der Waals surface area contributed by atoms with Crippen LogP contribution in [0.1, 0.15) is 16.7 Å². The Morgan fingerprint density at radius 1 is 0.944 bits per heavy atom. The van der Waals surface area contributed by atoms with Crippen molar-refractivity contribution in [2.24, 2.45) is 0 Å². The third-order valence-corrected chi connectivity index (χ3v) is 2.92. The lowest BCUT2D eigenvalue weighted by atomic mass is 10.1. The molecule has 3 nitrogen and oxygen atoms in total. The highest BCUT2D eigenvalue weighted by molar-refractivity contribution is 5.53. The number of rotatable bonds is 3. The Balaban J connectivity index is 2.11. The topological polar surface area (TPSA) is 52.5 Å². The fourth-order valence-corrected chi connectivity index (χ4v) is 1.80. The summed E-state index contributed by atoms with van der Waals surface area (Å²) in [6.45, 7) is 4.71. The Morgan fingerprint density at radius 2 is 1.72 bits per heavy atom. The number of anilines is 1. The lowest BCUT2D eigenvalue weighted by molar-refractivity contribution is 0.403. The second kappa shape index (κ2) is 5.00. The van der Waals surface area contributed by atoms with Gasteiger partial charge in [-0.25, -0.2) is 0 Å². The molecule has 0 radical (unpaired) electrons. The summed E-state index contributed by atoms with van der Waals surface area (Å²) < 4.78 is 0. The molecule has 0 aliphatic rings. The summed E-state index contributed by atoms with van der Waals surface area (Å²) in [7, 11) is 0. The number of phenolic OH excluding ortho intramolecular Hbond substituents is 2. The lowest BCUT2D eigenvalue weighted by Gasteiger charge is -2.11. The Morgan fingerprint density at radius 3 is 2.44 bits per heavy atom. The summed E-state index contributed by atoms with van der Waals surface area (Å²) in [6.07, 6.45) is 0. The molecule has 18 heavy (non-hydrogen) atoms. The van der Waals surface area contributed by atoms with Gasteiger partial charge in [-0.05, 0) is 48.7 Å². The third-order valence-electron chi connectivity index (χ3n) is 2.92. The largest absolute Gasteiger partial charge is 0.504 e. The smallest absolute Gasteiger partial charge is 0.157 e. The first-order valence-corrected chi connectivity index (χ1v) is 5.88. The molecule has 0 amide bonds. The van der Waals surface area contributed by atoms with Crippen molar-refractivity contribution in [1.82, 2.24) is 0 Å². The second-order valence-electron chi connectivity index (χ2n) is 4.49. The number of aromatic hydroxyl groups is 2. The standard InChI is InChI=1S/C15H17NO2/c1-10-3-4-11(2)13(7-10)16-9-12-5-6-14(17)15(18)8-12/h3-8,16-18H,9H2,1-2H3. The van der Waals surface area contributed by atoms with Crippen LogP contribution in [-0.4, -0.2) is 10.2 Å². The van der Waals surface area contributed by atoms with Crippen LogP contribution in [0.5, 0.6) is 11.5 Å². The molecule has 2 rings (SSSR count). The van der Waals surface area contributed by atoms with Crippen LogP contribution in [0.2, 0.25) is 0 Å². The molecular weight excluding hydrogens is 226 g/mol. The van der Waals surface area contributed by atoms with E-state index in [1.165, 1.54) is 17.2 Å². The highest BCUT2D eigenvalue weighted by Gasteiger charge is 2.02. The van der Waals surface area contributed by atoms with Gasteiger partial charge in [0.2, 0.25) is 0 Å². The predicted molar refractivity (Wildman–Crippen MR) is 73.0 cm³/mol. The molecule has 3 heteroatoms. The first-order chi connectivity index (χ1) is 8.56. The number of nitrogens with one attached hydrogen (secondary N) is 1. The highest BCUT2D eigenvalue weighted by atomic mass is 16.3. The van der Waals surface area contributed by atoms with Gasteiger partial charge in [0.15, 0.2) is 11.5 Å². The van der Waals surface area contributed by atoms with E-state index in [4.69, 9.17) is 0 Å². The van der Waals surface area contributed by atoms with Crippen molar-refractivity contribution in [3.63, 3.8) is 0 Å². The monoisotopic (exact) mass is 243 g/mol. The van der Waals surface area contributed by atoms with Gasteiger partial charge in [-0.15, -0.1) is 0 Å². The summed E-state index contributed by atoms with van der Waals surface area (Å²) in [5, 5.41) is 22.0. The molecule has 2 aromatic carbocycles. The molecule has 0 saturated heterocycles. The molecule has 0 aliphatic heterocycles. The molecule has 0 aromatic heterocycles. The minimum Gasteiger partial charge on any atom is -0.504 e. The summed E-state index contributed by atoms with van der Waals surface area (Å²) in [4.78, 5) is 0. The molecule has 0 atom stereocenters. The highest BCUT2D eigenvalue weighted by Crippen LogP contribution is 2.25. The summed E-state index contributed by atoms with van der Waals surface area (Å²) in [5.41, 5.74) is 4.40. The molecule has 0 fully saturated rings. The van der Waals surface area contributed by atoms with Crippen LogP contribution in [0.4, 0.5) is 5.69 Å². The van der Waals surface area contributed by atoms with E-state index in [1.54, 1.807) is 12.1 Å². The first-order valence-electron chi connectivity index (χ1n) is 5.88. The van der Waals surface area contributed by atoms with E-state index in [-0.39, 0.29) is 11.5 Å². The molecule has 2 aromatic rings. The fraction of sp³-hybridized carbons (Fsp3) is 0.200. The van der Waals surface area contributed by atoms with Gasteiger partial charge < -0.3 is 15.5 Å². The first kappa shape index (κ1) is 12.3. The van der Waals surface area contributed by atoms with Crippen LogP contribution < -0.4 is 5.32 Å². The van der Waals surface area contributed by atoms with Gasteiger partial charge in [0.1, 0.15) is 0 Å². The van der Waals surface area contributed by atoms with Crippen LogP contribution in [0.25, 0.3) is 0 Å². The van der Waals surface area contributed by atoms with Gasteiger partial charge in [0, 0.05) is 12.2 Å². The number of benzene rings is 2. The minimum atomic E-state index is -0.0921. The zero-order valence-electron chi connectivity index (χ0n) is 10.6. The van der Waals surface area contributed by atoms with Crippen LogP contribution in [0, 0.1) is 13.8 Å². The maximum atomic E-state index is 9.42. The van der Waals surface area contributed by atoms with E-state index < -0.39 is 0 Å². The molecule has 0 bridgehead atoms. The molecule has 0 heterocycles. The van der Waals surface area contributed by atoms with E-state index in [0.717, 1.165) is 11.3 Å². The Labute approximate surface area is 107 Å². The number of hydrogen-bond acceptors (Lipinski definition) is 3. The summed E-state index contributed by atoms with van der Waals surface area (Å²) in [6, 6.07) is 11.1. The summed E-state index contributed by atoms with van der Waals surface area (Å²) in [5.74, 6) is -0.180. The van der Waals surface area contributed by atoms with Gasteiger partial charge in [-0.2, -0.15) is 0 Å². The summed E-state index contributed by atoms with van der Waals surface area (Å²) >= 11 is 0. The van der Waals surface area contributed by atoms with E-state index in [2.05, 4.69) is 37.4 Å². The number of phenols is 2. The van der Waals surface area contributed by atoms with Gasteiger partial charge >= 0.3 is 0 Å². The zero-order valence-corrected chi connectivity index (χ0v) is 10.6. The molecule has 0 saturated carbocycles. The van der Waals surface area contributed by atoms with Crippen molar-refractivity contribution < 1.29 is 10.2 Å². The van der Waals surface area contributed by atoms with E-state index in [9.17, 15) is 10.2 Å². The fourth-order valence-electron chi connectivity index (χ4n) is 1.80. The minimum absolute atomic E-state index is 0.0877. The van der Waals surface area contributed by atoms with Crippen LogP contribution in [0.15, 0.2) is 36.4 Å². The van der Waals surface area contributed by atoms with Crippen LogP contribution in [-0.2, 0) is 6.54 Å². The molecular formula is C15H17NO2. The Kier molecular flexibility index (Phi) is 3.42.